The monoisotopic (exact) mass is 245 g/mol. The van der Waals surface area contributed by atoms with E-state index in [0.29, 0.717) is 6.54 Å². The number of hydrogen-bond acceptors (Lipinski definition) is 2. The van der Waals surface area contributed by atoms with Gasteiger partial charge in [0.05, 0.1) is 7.11 Å². The fourth-order valence-corrected chi connectivity index (χ4v) is 2.11. The van der Waals surface area contributed by atoms with E-state index in [-0.39, 0.29) is 11.8 Å². The normalized spacial score (nSPS) is 18.4. The summed E-state index contributed by atoms with van der Waals surface area (Å²) in [5.74, 6) is 1.14. The number of carbonyl (C=O) groups is 1. The van der Waals surface area contributed by atoms with Crippen molar-refractivity contribution in [3.05, 3.63) is 42.0 Å². The summed E-state index contributed by atoms with van der Waals surface area (Å²) in [6, 6.07) is 7.76. The molecule has 3 heteroatoms. The van der Waals surface area contributed by atoms with E-state index in [1.807, 2.05) is 24.3 Å². The van der Waals surface area contributed by atoms with Gasteiger partial charge in [-0.05, 0) is 37.0 Å². The van der Waals surface area contributed by atoms with Gasteiger partial charge in [-0.1, -0.05) is 24.3 Å². The van der Waals surface area contributed by atoms with E-state index >= 15 is 0 Å². The molecule has 0 heterocycles. The Morgan fingerprint density at radius 3 is 2.72 bits per heavy atom. The molecule has 3 nitrogen and oxygen atoms in total. The van der Waals surface area contributed by atoms with Crippen molar-refractivity contribution in [3.63, 3.8) is 0 Å². The number of carbonyl (C=O) groups excluding carboxylic acids is 1. The van der Waals surface area contributed by atoms with Crippen molar-refractivity contribution in [1.82, 2.24) is 5.32 Å². The van der Waals surface area contributed by atoms with Crippen molar-refractivity contribution >= 4 is 5.91 Å². The quantitative estimate of drug-likeness (QED) is 0.828. The molecule has 0 saturated heterocycles. The van der Waals surface area contributed by atoms with E-state index in [2.05, 4.69) is 17.5 Å². The Morgan fingerprint density at radius 2 is 2.11 bits per heavy atom. The number of methoxy groups -OCH3 is 1. The van der Waals surface area contributed by atoms with Crippen molar-refractivity contribution in [2.45, 2.75) is 25.8 Å². The second kappa shape index (κ2) is 6.24. The van der Waals surface area contributed by atoms with Crippen LogP contribution in [0.4, 0.5) is 0 Å². The van der Waals surface area contributed by atoms with Gasteiger partial charge >= 0.3 is 0 Å². The van der Waals surface area contributed by atoms with Gasteiger partial charge in [-0.3, -0.25) is 4.79 Å². The molecule has 0 fully saturated rings. The zero-order valence-electron chi connectivity index (χ0n) is 10.7. The van der Waals surface area contributed by atoms with Crippen molar-refractivity contribution < 1.29 is 9.53 Å². The third-order valence-corrected chi connectivity index (χ3v) is 3.27. The van der Waals surface area contributed by atoms with Crippen molar-refractivity contribution in [3.8, 4) is 5.75 Å². The molecule has 0 radical (unpaired) electrons. The number of rotatable bonds is 4. The summed E-state index contributed by atoms with van der Waals surface area (Å²) >= 11 is 0. The highest BCUT2D eigenvalue weighted by Gasteiger charge is 2.17. The first-order valence-corrected chi connectivity index (χ1v) is 6.35. The third-order valence-electron chi connectivity index (χ3n) is 3.27. The lowest BCUT2D eigenvalue weighted by atomic mass is 9.93. The Kier molecular flexibility index (Phi) is 4.40. The molecule has 0 spiro atoms. The molecule has 0 aromatic heterocycles. The highest BCUT2D eigenvalue weighted by molar-refractivity contribution is 5.78. The predicted molar refractivity (Wildman–Crippen MR) is 71.3 cm³/mol. The zero-order valence-corrected chi connectivity index (χ0v) is 10.7. The molecule has 2 rings (SSSR count). The maximum atomic E-state index is 11.9. The summed E-state index contributed by atoms with van der Waals surface area (Å²) in [6.45, 7) is 0.586. The summed E-state index contributed by atoms with van der Waals surface area (Å²) < 4.78 is 5.09. The molecular weight excluding hydrogens is 226 g/mol. The SMILES string of the molecule is COc1ccc(CNC(=O)[C@H]2CC=CCC2)cc1. The highest BCUT2D eigenvalue weighted by Crippen LogP contribution is 2.18. The predicted octanol–water partition coefficient (Wildman–Crippen LogP) is 2.67. The molecular formula is C15H19NO2. The Hall–Kier alpha value is -1.77. The number of ether oxygens (including phenoxy) is 1. The molecule has 1 aromatic rings. The number of benzene rings is 1. The lowest BCUT2D eigenvalue weighted by Crippen LogP contribution is -2.30. The minimum Gasteiger partial charge on any atom is -0.497 e. The van der Waals surface area contributed by atoms with Crippen molar-refractivity contribution in [1.29, 1.82) is 0 Å². The standard InChI is InChI=1S/C15H19NO2/c1-18-14-9-7-12(8-10-14)11-16-15(17)13-5-3-2-4-6-13/h2-3,7-10,13H,4-6,11H2,1H3,(H,16,17)/t13-/m0/s1. The van der Waals surface area contributed by atoms with Crippen molar-refractivity contribution in [2.24, 2.45) is 5.92 Å². The fourth-order valence-electron chi connectivity index (χ4n) is 2.11. The molecule has 1 atom stereocenters. The zero-order chi connectivity index (χ0) is 12.8. The molecule has 0 aliphatic heterocycles. The maximum Gasteiger partial charge on any atom is 0.223 e. The second-order valence-electron chi connectivity index (χ2n) is 4.55. The van der Waals surface area contributed by atoms with Crippen LogP contribution in [0.2, 0.25) is 0 Å². The number of hydrogen-bond donors (Lipinski definition) is 1. The van der Waals surface area contributed by atoms with Gasteiger partial charge in [0.2, 0.25) is 5.91 Å². The Morgan fingerprint density at radius 1 is 1.33 bits per heavy atom. The second-order valence-corrected chi connectivity index (χ2v) is 4.55. The molecule has 0 saturated carbocycles. The molecule has 96 valence electrons. The van der Waals surface area contributed by atoms with Gasteiger partial charge in [-0.25, -0.2) is 0 Å². The average molecular weight is 245 g/mol. The molecule has 1 N–H and O–H groups in total. The average Bonchev–Trinajstić information content (AvgIpc) is 2.46. The third kappa shape index (κ3) is 3.36. The Bertz CT molecular complexity index is 423. The van der Waals surface area contributed by atoms with Crippen LogP contribution in [0.3, 0.4) is 0 Å². The lowest BCUT2D eigenvalue weighted by molar-refractivity contribution is -0.125. The molecule has 1 amide bonds. The van der Waals surface area contributed by atoms with E-state index in [0.717, 1.165) is 30.6 Å². The summed E-state index contributed by atoms with van der Waals surface area (Å²) in [6.07, 6.45) is 7.09. The van der Waals surface area contributed by atoms with Gasteiger partial charge in [0.25, 0.3) is 0 Å². The summed E-state index contributed by atoms with van der Waals surface area (Å²) in [7, 11) is 1.65. The topological polar surface area (TPSA) is 38.3 Å². The van der Waals surface area contributed by atoms with Crippen LogP contribution in [0.5, 0.6) is 5.75 Å². The first-order valence-electron chi connectivity index (χ1n) is 6.35. The van der Waals surface area contributed by atoms with Crippen LogP contribution in [0.25, 0.3) is 0 Å². The van der Waals surface area contributed by atoms with Crippen LogP contribution in [0.1, 0.15) is 24.8 Å². The van der Waals surface area contributed by atoms with E-state index in [1.165, 1.54) is 0 Å². The molecule has 0 bridgehead atoms. The minimum atomic E-state index is 0.147. The van der Waals surface area contributed by atoms with E-state index in [9.17, 15) is 4.79 Å². The largest absolute Gasteiger partial charge is 0.497 e. The van der Waals surface area contributed by atoms with Crippen LogP contribution >= 0.6 is 0 Å². The maximum absolute atomic E-state index is 11.9. The van der Waals surface area contributed by atoms with E-state index in [4.69, 9.17) is 4.74 Å². The van der Waals surface area contributed by atoms with Crippen LogP contribution in [0, 0.1) is 5.92 Å². The highest BCUT2D eigenvalue weighted by atomic mass is 16.5. The van der Waals surface area contributed by atoms with Gasteiger partial charge in [0.15, 0.2) is 0 Å². The number of allylic oxidation sites excluding steroid dienone is 2. The van der Waals surface area contributed by atoms with Crippen molar-refractivity contribution in [2.75, 3.05) is 7.11 Å². The summed E-state index contributed by atoms with van der Waals surface area (Å²) in [5.41, 5.74) is 1.09. The molecule has 18 heavy (non-hydrogen) atoms. The first kappa shape index (κ1) is 12.7. The van der Waals surface area contributed by atoms with Gasteiger partial charge < -0.3 is 10.1 Å². The molecule has 1 aliphatic carbocycles. The fraction of sp³-hybridized carbons (Fsp3) is 0.400. The van der Waals surface area contributed by atoms with Gasteiger partial charge in [-0.2, -0.15) is 0 Å². The lowest BCUT2D eigenvalue weighted by Gasteiger charge is -2.17. The molecule has 1 aliphatic rings. The first-order chi connectivity index (χ1) is 8.79. The summed E-state index contributed by atoms with van der Waals surface area (Å²) in [5, 5.41) is 2.99. The molecule has 1 aromatic carbocycles. The number of amides is 1. The molecule has 0 unspecified atom stereocenters. The van der Waals surface area contributed by atoms with E-state index < -0.39 is 0 Å². The van der Waals surface area contributed by atoms with Gasteiger partial charge in [0.1, 0.15) is 5.75 Å². The Labute approximate surface area is 108 Å². The van der Waals surface area contributed by atoms with Crippen LogP contribution in [-0.4, -0.2) is 13.0 Å². The Balaban J connectivity index is 1.82. The summed E-state index contributed by atoms with van der Waals surface area (Å²) in [4.78, 5) is 11.9. The minimum absolute atomic E-state index is 0.147. The van der Waals surface area contributed by atoms with E-state index in [1.54, 1.807) is 7.11 Å². The van der Waals surface area contributed by atoms with Crippen LogP contribution < -0.4 is 10.1 Å². The van der Waals surface area contributed by atoms with Crippen LogP contribution in [-0.2, 0) is 11.3 Å². The van der Waals surface area contributed by atoms with Gasteiger partial charge in [0, 0.05) is 12.5 Å². The van der Waals surface area contributed by atoms with Gasteiger partial charge in [-0.15, -0.1) is 0 Å². The smallest absolute Gasteiger partial charge is 0.223 e. The van der Waals surface area contributed by atoms with Crippen LogP contribution in [0.15, 0.2) is 36.4 Å². The number of nitrogens with one attached hydrogen (secondary N) is 1.